The lowest BCUT2D eigenvalue weighted by Gasteiger charge is -2.19. The lowest BCUT2D eigenvalue weighted by Crippen LogP contribution is -2.29. The average molecular weight is 755 g/mol. The number of carbonyl (C=O) groups excluding carboxylic acids is 2. The van der Waals surface area contributed by atoms with Crippen molar-refractivity contribution in [3.05, 3.63) is 36.5 Å². The molecule has 0 bridgehead atoms. The number of hydrogen-bond acceptors (Lipinski definition) is 7. The van der Waals surface area contributed by atoms with Crippen LogP contribution < -0.4 is 0 Å². The Balaban J connectivity index is 4.00. The number of hydrogen-bond donors (Lipinski definition) is 1. The van der Waals surface area contributed by atoms with E-state index in [0.717, 1.165) is 71.3 Å². The Labute approximate surface area is 319 Å². The molecule has 0 fully saturated rings. The quantitative estimate of drug-likeness (QED) is 0.0286. The van der Waals surface area contributed by atoms with Crippen molar-refractivity contribution in [3.8, 4) is 0 Å². The maximum absolute atomic E-state index is 12.5. The van der Waals surface area contributed by atoms with Crippen molar-refractivity contribution in [2.24, 2.45) is 0 Å². The normalized spacial score (nSPS) is 13.7. The van der Waals surface area contributed by atoms with Crippen LogP contribution in [0.3, 0.4) is 0 Å². The van der Waals surface area contributed by atoms with Gasteiger partial charge in [-0.1, -0.05) is 179 Å². The van der Waals surface area contributed by atoms with E-state index < -0.39 is 26.5 Å². The molecule has 0 aromatic heterocycles. The monoisotopic (exact) mass is 755 g/mol. The van der Waals surface area contributed by atoms with E-state index in [9.17, 15) is 19.0 Å². The van der Waals surface area contributed by atoms with E-state index in [0.29, 0.717) is 12.8 Å². The Morgan fingerprint density at radius 2 is 0.981 bits per heavy atom. The van der Waals surface area contributed by atoms with Crippen LogP contribution in [0.2, 0.25) is 0 Å². The summed E-state index contributed by atoms with van der Waals surface area (Å²) >= 11 is 0. The Morgan fingerprint density at radius 1 is 0.558 bits per heavy atom. The van der Waals surface area contributed by atoms with Crippen LogP contribution in [0.1, 0.15) is 200 Å². The smallest absolute Gasteiger partial charge is 0.462 e. The molecule has 9 heteroatoms. The van der Waals surface area contributed by atoms with Gasteiger partial charge in [0.15, 0.2) is 6.10 Å². The van der Waals surface area contributed by atoms with Crippen LogP contribution in [-0.4, -0.2) is 43.3 Å². The van der Waals surface area contributed by atoms with Crippen LogP contribution in [0.25, 0.3) is 0 Å². The number of ether oxygens (including phenoxy) is 2. The number of esters is 2. The van der Waals surface area contributed by atoms with Crippen LogP contribution >= 0.6 is 7.82 Å². The highest BCUT2D eigenvalue weighted by atomic mass is 31.2. The molecule has 8 nitrogen and oxygen atoms in total. The van der Waals surface area contributed by atoms with E-state index in [1.165, 1.54) is 103 Å². The molecular formula is C43H79O8P. The van der Waals surface area contributed by atoms with Gasteiger partial charge in [-0.05, 0) is 44.9 Å². The molecule has 2 unspecified atom stereocenters. The third-order valence-electron chi connectivity index (χ3n) is 9.15. The molecule has 0 aromatic rings. The Morgan fingerprint density at radius 3 is 1.46 bits per heavy atom. The van der Waals surface area contributed by atoms with E-state index >= 15 is 0 Å². The molecule has 0 aliphatic heterocycles. The van der Waals surface area contributed by atoms with Gasteiger partial charge in [-0.2, -0.15) is 0 Å². The van der Waals surface area contributed by atoms with Gasteiger partial charge < -0.3 is 14.4 Å². The molecule has 0 saturated carbocycles. The predicted molar refractivity (Wildman–Crippen MR) is 216 cm³/mol. The molecule has 0 saturated heterocycles. The lowest BCUT2D eigenvalue weighted by molar-refractivity contribution is -0.161. The van der Waals surface area contributed by atoms with Gasteiger partial charge >= 0.3 is 19.8 Å². The maximum Gasteiger partial charge on any atom is 0.472 e. The fraction of sp³-hybridized carbons (Fsp3) is 0.814. The molecule has 0 rings (SSSR count). The largest absolute Gasteiger partial charge is 0.472 e. The molecule has 0 aliphatic carbocycles. The van der Waals surface area contributed by atoms with Gasteiger partial charge in [0.25, 0.3) is 0 Å². The molecule has 0 aliphatic rings. The summed E-state index contributed by atoms with van der Waals surface area (Å²) in [5.41, 5.74) is 0. The van der Waals surface area contributed by atoms with Gasteiger partial charge in [-0.3, -0.25) is 18.6 Å². The highest BCUT2D eigenvalue weighted by Crippen LogP contribution is 2.42. The van der Waals surface area contributed by atoms with Crippen LogP contribution in [0.5, 0.6) is 0 Å². The fourth-order valence-corrected chi connectivity index (χ4v) is 6.37. The van der Waals surface area contributed by atoms with Crippen molar-refractivity contribution < 1.29 is 37.6 Å². The summed E-state index contributed by atoms with van der Waals surface area (Å²) in [7, 11) is -3.20. The third-order valence-corrected chi connectivity index (χ3v) is 10.1. The van der Waals surface area contributed by atoms with Crippen LogP contribution in [0, 0.1) is 0 Å². The summed E-state index contributed by atoms with van der Waals surface area (Å²) in [5.74, 6) is -0.809. The van der Waals surface area contributed by atoms with E-state index in [4.69, 9.17) is 14.0 Å². The molecule has 52 heavy (non-hydrogen) atoms. The van der Waals surface area contributed by atoms with E-state index in [1.807, 2.05) is 0 Å². The Bertz CT molecular complexity index is 947. The number of rotatable bonds is 39. The average Bonchev–Trinajstić information content (AvgIpc) is 3.13. The zero-order chi connectivity index (χ0) is 38.2. The van der Waals surface area contributed by atoms with Gasteiger partial charge in [0, 0.05) is 20.0 Å². The molecule has 0 aromatic carbocycles. The maximum atomic E-state index is 12.5. The topological polar surface area (TPSA) is 108 Å². The molecule has 0 spiro atoms. The zero-order valence-corrected chi connectivity index (χ0v) is 34.6. The fourth-order valence-electron chi connectivity index (χ4n) is 5.91. The molecule has 0 heterocycles. The zero-order valence-electron chi connectivity index (χ0n) is 33.7. The third kappa shape index (κ3) is 38.0. The Kier molecular flexibility index (Phi) is 37.7. The van der Waals surface area contributed by atoms with Gasteiger partial charge in [0.1, 0.15) is 6.61 Å². The second kappa shape index (κ2) is 39.0. The summed E-state index contributed by atoms with van der Waals surface area (Å²) in [6, 6.07) is 0. The second-order valence-corrected chi connectivity index (χ2v) is 15.7. The SMILES string of the molecule is CC/C=C\C/C=C\C/C=C\CCCCCCCCCC(=O)OC(COC(=O)CCCCCCCCCCCCCCCCCC)COP(=O)(O)OC. The van der Waals surface area contributed by atoms with Gasteiger partial charge in [-0.15, -0.1) is 0 Å². The van der Waals surface area contributed by atoms with Crippen LogP contribution in [0.4, 0.5) is 0 Å². The van der Waals surface area contributed by atoms with E-state index in [1.54, 1.807) is 0 Å². The number of phosphoric acid groups is 1. The lowest BCUT2D eigenvalue weighted by atomic mass is 10.0. The summed E-state index contributed by atoms with van der Waals surface area (Å²) in [6.07, 6.45) is 44.8. The minimum atomic E-state index is -4.26. The minimum Gasteiger partial charge on any atom is -0.462 e. The summed E-state index contributed by atoms with van der Waals surface area (Å²) < 4.78 is 32.0. The van der Waals surface area contributed by atoms with Gasteiger partial charge in [0.2, 0.25) is 0 Å². The Hall–Kier alpha value is -1.73. The van der Waals surface area contributed by atoms with E-state index in [2.05, 4.69) is 54.8 Å². The first-order valence-corrected chi connectivity index (χ1v) is 22.7. The highest BCUT2D eigenvalue weighted by Gasteiger charge is 2.24. The highest BCUT2D eigenvalue weighted by molar-refractivity contribution is 7.47. The number of allylic oxidation sites excluding steroid dienone is 6. The van der Waals surface area contributed by atoms with Crippen LogP contribution in [0.15, 0.2) is 36.5 Å². The number of phosphoric ester groups is 1. The van der Waals surface area contributed by atoms with Crippen molar-refractivity contribution in [1.29, 1.82) is 0 Å². The summed E-state index contributed by atoms with van der Waals surface area (Å²) in [6.45, 7) is 3.78. The minimum absolute atomic E-state index is 0.227. The predicted octanol–water partition coefficient (Wildman–Crippen LogP) is 13.2. The van der Waals surface area contributed by atoms with Crippen molar-refractivity contribution in [2.75, 3.05) is 20.3 Å². The first-order valence-electron chi connectivity index (χ1n) is 21.2. The second-order valence-electron chi connectivity index (χ2n) is 14.1. The molecule has 2 atom stereocenters. The van der Waals surface area contributed by atoms with Crippen molar-refractivity contribution in [3.63, 3.8) is 0 Å². The number of carbonyl (C=O) groups is 2. The first kappa shape index (κ1) is 50.3. The summed E-state index contributed by atoms with van der Waals surface area (Å²) in [5, 5.41) is 0. The van der Waals surface area contributed by atoms with Crippen molar-refractivity contribution >= 4 is 19.8 Å². The molecule has 304 valence electrons. The summed E-state index contributed by atoms with van der Waals surface area (Å²) in [4.78, 5) is 34.5. The van der Waals surface area contributed by atoms with E-state index in [-0.39, 0.29) is 19.0 Å². The molecule has 1 N–H and O–H groups in total. The van der Waals surface area contributed by atoms with Crippen molar-refractivity contribution in [2.45, 2.75) is 206 Å². The van der Waals surface area contributed by atoms with Crippen LogP contribution in [-0.2, 0) is 32.7 Å². The van der Waals surface area contributed by atoms with Crippen molar-refractivity contribution in [1.82, 2.24) is 0 Å². The standard InChI is InChI=1S/C43H79O8P/c1-4-6-8-10-12-14-16-18-20-22-24-26-28-30-32-34-36-38-43(45)51-41(40-50-52(46,47)48-3)39-49-42(44)37-35-33-31-29-27-25-23-21-19-17-15-13-11-9-7-5-2/h6,8,12,14,18,20,41H,4-5,7,9-11,13,15-17,19,21-40H2,1-3H3,(H,46,47)/b8-6-,14-12-,20-18-. The molecule has 0 radical (unpaired) electrons. The van der Waals surface area contributed by atoms with Gasteiger partial charge in [-0.25, -0.2) is 4.57 Å². The number of unbranched alkanes of at least 4 members (excludes halogenated alkanes) is 22. The molecular weight excluding hydrogens is 675 g/mol. The first-order chi connectivity index (χ1) is 25.3. The van der Waals surface area contributed by atoms with Gasteiger partial charge in [0.05, 0.1) is 6.61 Å². The molecule has 0 amide bonds.